The van der Waals surface area contributed by atoms with Crippen LogP contribution in [0, 0.1) is 5.82 Å². The van der Waals surface area contributed by atoms with Gasteiger partial charge in [-0.15, -0.1) is 0 Å². The Bertz CT molecular complexity index is 1430. The van der Waals surface area contributed by atoms with Gasteiger partial charge in [0.2, 0.25) is 0 Å². The number of anilines is 2. The number of rotatable bonds is 7. The van der Waals surface area contributed by atoms with Crippen LogP contribution in [0.2, 0.25) is 0 Å². The number of hydrogen-bond acceptors (Lipinski definition) is 7. The molecule has 2 aromatic heterocycles. The predicted molar refractivity (Wildman–Crippen MR) is 146 cm³/mol. The highest BCUT2D eigenvalue weighted by molar-refractivity contribution is 5.73. The van der Waals surface area contributed by atoms with Crippen molar-refractivity contribution in [3.63, 3.8) is 0 Å². The normalized spacial score (nSPS) is 14.4. The molecule has 1 aromatic carbocycles. The summed E-state index contributed by atoms with van der Waals surface area (Å²) in [5.74, 6) is -2.03. The number of carbonyl (C=O) groups is 1. The predicted octanol–water partition coefficient (Wildman–Crippen LogP) is 5.30. The van der Waals surface area contributed by atoms with Crippen LogP contribution in [-0.2, 0) is 17.5 Å². The van der Waals surface area contributed by atoms with Crippen molar-refractivity contribution in [2.75, 3.05) is 44.4 Å². The number of aliphatic carboxylic acids is 1. The van der Waals surface area contributed by atoms with Crippen LogP contribution in [0.15, 0.2) is 37.3 Å². The van der Waals surface area contributed by atoms with Crippen LogP contribution >= 0.6 is 0 Å². The molecule has 3 aromatic rings. The van der Waals surface area contributed by atoms with Crippen molar-refractivity contribution in [2.24, 2.45) is 0 Å². The van der Waals surface area contributed by atoms with Crippen molar-refractivity contribution in [3.8, 4) is 11.3 Å². The molecule has 0 radical (unpaired) electrons. The van der Waals surface area contributed by atoms with Crippen molar-refractivity contribution in [2.45, 2.75) is 37.7 Å². The smallest absolute Gasteiger partial charge is 0.475 e. The van der Waals surface area contributed by atoms with Crippen molar-refractivity contribution in [3.05, 3.63) is 60.1 Å². The lowest BCUT2D eigenvalue weighted by atomic mass is 9.95. The highest BCUT2D eigenvalue weighted by atomic mass is 19.4. The van der Waals surface area contributed by atoms with E-state index in [1.54, 1.807) is 12.3 Å². The van der Waals surface area contributed by atoms with Crippen LogP contribution in [0.4, 0.5) is 42.4 Å². The first-order valence-corrected chi connectivity index (χ1v) is 12.9. The molecule has 1 fully saturated rings. The Balaban J connectivity index is 0.000000646. The number of benzene rings is 1. The summed E-state index contributed by atoms with van der Waals surface area (Å²) >= 11 is 0. The molecule has 3 heterocycles. The first kappa shape index (κ1) is 33.3. The molecule has 1 aliphatic heterocycles. The number of hydrogen-bond donors (Lipinski definition) is 2. The van der Waals surface area contributed by atoms with Crippen molar-refractivity contribution >= 4 is 23.7 Å². The number of alkyl halides is 6. The van der Waals surface area contributed by atoms with Gasteiger partial charge in [0.1, 0.15) is 29.6 Å². The molecule has 4 rings (SSSR count). The van der Waals surface area contributed by atoms with Gasteiger partial charge in [0, 0.05) is 43.9 Å². The summed E-state index contributed by atoms with van der Waals surface area (Å²) in [5.41, 5.74) is 6.02. The van der Waals surface area contributed by atoms with Gasteiger partial charge in [-0.3, -0.25) is 0 Å². The van der Waals surface area contributed by atoms with Crippen LogP contribution in [0.25, 0.3) is 17.3 Å². The molecule has 16 heteroatoms. The van der Waals surface area contributed by atoms with E-state index >= 15 is 0 Å². The van der Waals surface area contributed by atoms with Gasteiger partial charge >= 0.3 is 18.3 Å². The second-order valence-electron chi connectivity index (χ2n) is 9.94. The Labute approximate surface area is 242 Å². The lowest BCUT2D eigenvalue weighted by Crippen LogP contribution is -2.35. The molecule has 0 unspecified atom stereocenters. The minimum atomic E-state index is -5.08. The zero-order valence-electron chi connectivity index (χ0n) is 23.3. The Morgan fingerprint density at radius 2 is 1.79 bits per heavy atom. The average Bonchev–Trinajstić information content (AvgIpc) is 3.35. The quantitative estimate of drug-likeness (QED) is 0.344. The van der Waals surface area contributed by atoms with Gasteiger partial charge < -0.3 is 25.2 Å². The van der Waals surface area contributed by atoms with E-state index in [0.717, 1.165) is 43.2 Å². The lowest BCUT2D eigenvalue weighted by molar-refractivity contribution is -0.192. The number of nitrogens with two attached hydrogens (primary N) is 1. The van der Waals surface area contributed by atoms with Gasteiger partial charge in [-0.25, -0.2) is 24.1 Å². The van der Waals surface area contributed by atoms with Crippen LogP contribution in [0.5, 0.6) is 0 Å². The molecule has 3 N–H and O–H groups in total. The largest absolute Gasteiger partial charge is 0.490 e. The third-order valence-electron chi connectivity index (χ3n) is 6.66. The number of carboxylic acid groups (broad SMARTS) is 1. The standard InChI is InChI=1S/C25H29F4N7.C2HF3O2/c1-4-18-22(30)31-15-32-24(18)35-9-7-16(8-10-35)23-33-21(14-36(23)12-11-34(2)3)17-5-6-20(26)19(13-17)25(27,28)29;3-2(4,5)1(6)7/h4-6,13-16H,1,7-12H2,2-3H3,(H2,30,31,32);(H,6,7). The number of nitrogens with zero attached hydrogens (tertiary/aromatic N) is 6. The third-order valence-corrected chi connectivity index (χ3v) is 6.66. The molecule has 234 valence electrons. The molecule has 0 saturated carbocycles. The van der Waals surface area contributed by atoms with Crippen molar-refractivity contribution in [1.82, 2.24) is 24.4 Å². The van der Waals surface area contributed by atoms with Crippen molar-refractivity contribution < 1.29 is 40.6 Å². The number of piperidine rings is 1. The SMILES string of the molecule is C=Cc1c(N)ncnc1N1CCC(c2nc(-c3ccc(F)c(C(F)(F)F)c3)cn2CCN(C)C)CC1.O=C(O)C(F)(F)F. The second kappa shape index (κ2) is 13.4. The fourth-order valence-corrected chi connectivity index (χ4v) is 4.48. The first-order valence-electron chi connectivity index (χ1n) is 12.9. The number of carboxylic acids is 1. The molecule has 0 atom stereocenters. The summed E-state index contributed by atoms with van der Waals surface area (Å²) in [6.45, 7) is 6.59. The molecular formula is C27H30F7N7O2. The minimum absolute atomic E-state index is 0.103. The molecule has 1 aliphatic rings. The number of halogens is 7. The summed E-state index contributed by atoms with van der Waals surface area (Å²) < 4.78 is 87.4. The Morgan fingerprint density at radius 1 is 1.16 bits per heavy atom. The van der Waals surface area contributed by atoms with Gasteiger partial charge in [-0.2, -0.15) is 26.3 Å². The molecular weight excluding hydrogens is 587 g/mol. The summed E-state index contributed by atoms with van der Waals surface area (Å²) in [5, 5.41) is 7.12. The fourth-order valence-electron chi connectivity index (χ4n) is 4.48. The topological polar surface area (TPSA) is 113 Å². The number of nitrogen functional groups attached to an aromatic ring is 1. The molecule has 0 amide bonds. The lowest BCUT2D eigenvalue weighted by Gasteiger charge is -2.33. The number of aromatic nitrogens is 4. The molecule has 1 saturated heterocycles. The van der Waals surface area contributed by atoms with Gasteiger partial charge in [0.25, 0.3) is 0 Å². The Hall–Kier alpha value is -4.21. The maximum Gasteiger partial charge on any atom is 0.490 e. The summed E-state index contributed by atoms with van der Waals surface area (Å²) in [4.78, 5) is 26.2. The van der Waals surface area contributed by atoms with Gasteiger partial charge in [-0.05, 0) is 45.1 Å². The number of imidazole rings is 1. The summed E-state index contributed by atoms with van der Waals surface area (Å²) in [6.07, 6.45) is -3.47. The molecule has 0 aliphatic carbocycles. The third kappa shape index (κ3) is 8.43. The summed E-state index contributed by atoms with van der Waals surface area (Å²) in [6, 6.07) is 3.02. The molecule has 0 spiro atoms. The number of likely N-dealkylation sites (N-methyl/N-ethyl adjacent to an activating group) is 1. The van der Waals surface area contributed by atoms with Crippen LogP contribution in [0.1, 0.15) is 35.7 Å². The van der Waals surface area contributed by atoms with E-state index in [2.05, 4.69) is 21.4 Å². The monoisotopic (exact) mass is 617 g/mol. The van der Waals surface area contributed by atoms with Crippen LogP contribution in [0.3, 0.4) is 0 Å². The maximum atomic E-state index is 13.8. The zero-order valence-corrected chi connectivity index (χ0v) is 23.3. The van der Waals surface area contributed by atoms with Gasteiger partial charge in [-0.1, -0.05) is 12.7 Å². The first-order chi connectivity index (χ1) is 20.0. The average molecular weight is 618 g/mol. The van der Waals surface area contributed by atoms with E-state index in [0.29, 0.717) is 36.7 Å². The molecule has 0 bridgehead atoms. The van der Waals surface area contributed by atoms with E-state index in [9.17, 15) is 30.7 Å². The summed E-state index contributed by atoms with van der Waals surface area (Å²) in [7, 11) is 3.91. The van der Waals surface area contributed by atoms with Crippen LogP contribution < -0.4 is 10.6 Å². The fraction of sp³-hybridized carbons (Fsp3) is 0.407. The zero-order chi connectivity index (χ0) is 32.1. The van der Waals surface area contributed by atoms with Gasteiger partial charge in [0.05, 0.1) is 16.8 Å². The van der Waals surface area contributed by atoms with E-state index in [1.807, 2.05) is 23.6 Å². The molecule has 9 nitrogen and oxygen atoms in total. The minimum Gasteiger partial charge on any atom is -0.475 e. The van der Waals surface area contributed by atoms with Crippen LogP contribution in [-0.4, -0.2) is 75.4 Å². The molecule has 43 heavy (non-hydrogen) atoms. The highest BCUT2D eigenvalue weighted by Gasteiger charge is 2.38. The Morgan fingerprint density at radius 3 is 2.33 bits per heavy atom. The van der Waals surface area contributed by atoms with E-state index in [-0.39, 0.29) is 11.5 Å². The Kier molecular flexibility index (Phi) is 10.4. The van der Waals surface area contributed by atoms with Crippen molar-refractivity contribution in [1.29, 1.82) is 0 Å². The maximum absolute atomic E-state index is 13.8. The highest BCUT2D eigenvalue weighted by Crippen LogP contribution is 2.36. The van der Waals surface area contributed by atoms with E-state index < -0.39 is 29.7 Å². The van der Waals surface area contributed by atoms with E-state index in [1.165, 1.54) is 12.4 Å². The van der Waals surface area contributed by atoms with E-state index in [4.69, 9.17) is 20.6 Å². The van der Waals surface area contributed by atoms with Gasteiger partial charge in [0.15, 0.2) is 0 Å². The second-order valence-corrected chi connectivity index (χ2v) is 9.94.